The molecule has 0 radical (unpaired) electrons. The Balaban J connectivity index is 2.04. The summed E-state index contributed by atoms with van der Waals surface area (Å²) in [6.45, 7) is 3.31. The lowest BCUT2D eigenvalue weighted by Crippen LogP contribution is -2.36. The van der Waals surface area contributed by atoms with Crippen LogP contribution < -0.4 is 10.9 Å². The summed E-state index contributed by atoms with van der Waals surface area (Å²) in [5.74, 6) is 0. The van der Waals surface area contributed by atoms with Gasteiger partial charge < -0.3 is 0 Å². The summed E-state index contributed by atoms with van der Waals surface area (Å²) in [5, 5.41) is 0. The van der Waals surface area contributed by atoms with Gasteiger partial charge in [0.1, 0.15) is 0 Å². The van der Waals surface area contributed by atoms with Gasteiger partial charge in [-0.3, -0.25) is 10.9 Å². The van der Waals surface area contributed by atoms with Gasteiger partial charge in [0.25, 0.3) is 0 Å². The van der Waals surface area contributed by atoms with Crippen molar-refractivity contribution in [3.8, 4) is 0 Å². The van der Waals surface area contributed by atoms with E-state index in [0.29, 0.717) is 11.1 Å². The van der Waals surface area contributed by atoms with Gasteiger partial charge in [-0.15, -0.1) is 0 Å². The van der Waals surface area contributed by atoms with E-state index in [4.69, 9.17) is 0 Å². The predicted octanol–water partition coefficient (Wildman–Crippen LogP) is 5.64. The number of alkyl halides is 6. The largest absolute Gasteiger partial charge is 0.416 e. The van der Waals surface area contributed by atoms with Gasteiger partial charge in [-0.25, -0.2) is 0 Å². The standard InChI is InChI=1S/C18H18F6N2/c1-11(13-5-3-7-15(9-13)17(19,20)21)25-26-12(2)14-6-4-8-16(10-14)18(22,23)24/h3-12,25-26H,1-2H3/t11-,12?/m1/s1. The first-order valence-corrected chi connectivity index (χ1v) is 7.84. The third-order valence-electron chi connectivity index (χ3n) is 3.94. The van der Waals surface area contributed by atoms with Crippen LogP contribution in [0.15, 0.2) is 48.5 Å². The van der Waals surface area contributed by atoms with Gasteiger partial charge in [0.15, 0.2) is 0 Å². The van der Waals surface area contributed by atoms with Crippen molar-refractivity contribution < 1.29 is 26.3 Å². The van der Waals surface area contributed by atoms with Gasteiger partial charge in [-0.1, -0.05) is 24.3 Å². The molecule has 2 atom stereocenters. The lowest BCUT2D eigenvalue weighted by Gasteiger charge is -2.21. The molecule has 2 N–H and O–H groups in total. The number of hydrogen-bond donors (Lipinski definition) is 2. The van der Waals surface area contributed by atoms with E-state index in [0.717, 1.165) is 24.3 Å². The second-order valence-electron chi connectivity index (χ2n) is 5.98. The molecule has 8 heteroatoms. The van der Waals surface area contributed by atoms with Crippen molar-refractivity contribution in [2.24, 2.45) is 0 Å². The fourth-order valence-electron chi connectivity index (χ4n) is 2.39. The van der Waals surface area contributed by atoms with Crippen molar-refractivity contribution in [3.63, 3.8) is 0 Å². The van der Waals surface area contributed by atoms with E-state index in [9.17, 15) is 26.3 Å². The smallest absolute Gasteiger partial charge is 0.250 e. The van der Waals surface area contributed by atoms with Crippen LogP contribution in [0, 0.1) is 0 Å². The molecule has 2 rings (SSSR count). The van der Waals surface area contributed by atoms with Crippen LogP contribution >= 0.6 is 0 Å². The Labute approximate surface area is 147 Å². The van der Waals surface area contributed by atoms with Crippen molar-refractivity contribution in [1.29, 1.82) is 0 Å². The van der Waals surface area contributed by atoms with E-state index in [1.165, 1.54) is 12.1 Å². The maximum atomic E-state index is 12.8. The van der Waals surface area contributed by atoms with Crippen LogP contribution in [0.25, 0.3) is 0 Å². The lowest BCUT2D eigenvalue weighted by atomic mass is 10.0. The number of hydrogen-bond acceptors (Lipinski definition) is 2. The third-order valence-corrected chi connectivity index (χ3v) is 3.94. The number of halogens is 6. The van der Waals surface area contributed by atoms with Crippen LogP contribution in [0.3, 0.4) is 0 Å². The average Bonchev–Trinajstić information content (AvgIpc) is 2.58. The summed E-state index contributed by atoms with van der Waals surface area (Å²) >= 11 is 0. The fourth-order valence-corrected chi connectivity index (χ4v) is 2.39. The predicted molar refractivity (Wildman–Crippen MR) is 86.0 cm³/mol. The van der Waals surface area contributed by atoms with E-state index >= 15 is 0 Å². The first kappa shape index (κ1) is 20.3. The minimum Gasteiger partial charge on any atom is -0.250 e. The minimum absolute atomic E-state index is 0.406. The Morgan fingerprint density at radius 2 is 1.00 bits per heavy atom. The zero-order valence-electron chi connectivity index (χ0n) is 14.0. The molecule has 0 aliphatic heterocycles. The SMILES string of the molecule is CC(NN[C@H](C)c1cccc(C(F)(F)F)c1)c1cccc(C(F)(F)F)c1. The molecule has 0 aromatic heterocycles. The quantitative estimate of drug-likeness (QED) is 0.521. The molecule has 0 aliphatic carbocycles. The molecular formula is C18H18F6N2. The van der Waals surface area contributed by atoms with Gasteiger partial charge in [0, 0.05) is 12.1 Å². The van der Waals surface area contributed by atoms with E-state index < -0.39 is 35.6 Å². The molecule has 0 aliphatic rings. The number of benzene rings is 2. The van der Waals surface area contributed by atoms with Crippen molar-refractivity contribution in [2.45, 2.75) is 38.3 Å². The highest BCUT2D eigenvalue weighted by atomic mass is 19.4. The third kappa shape index (κ3) is 5.22. The van der Waals surface area contributed by atoms with Crippen molar-refractivity contribution in [2.75, 3.05) is 0 Å². The molecule has 0 saturated heterocycles. The highest BCUT2D eigenvalue weighted by Crippen LogP contribution is 2.32. The van der Waals surface area contributed by atoms with Crippen LogP contribution in [-0.4, -0.2) is 0 Å². The van der Waals surface area contributed by atoms with Crippen LogP contribution in [0.4, 0.5) is 26.3 Å². The molecule has 26 heavy (non-hydrogen) atoms. The molecule has 0 spiro atoms. The summed E-state index contributed by atoms with van der Waals surface area (Å²) in [6.07, 6.45) is -8.87. The zero-order chi connectivity index (χ0) is 19.5. The van der Waals surface area contributed by atoms with Crippen molar-refractivity contribution >= 4 is 0 Å². The van der Waals surface area contributed by atoms with Gasteiger partial charge in [0.05, 0.1) is 11.1 Å². The first-order valence-electron chi connectivity index (χ1n) is 7.84. The van der Waals surface area contributed by atoms with Crippen molar-refractivity contribution in [1.82, 2.24) is 10.9 Å². The number of rotatable bonds is 5. The van der Waals surface area contributed by atoms with Crippen LogP contribution in [0.5, 0.6) is 0 Å². The summed E-state index contributed by atoms with van der Waals surface area (Å²) < 4.78 is 76.6. The van der Waals surface area contributed by atoms with E-state index in [-0.39, 0.29) is 0 Å². The van der Waals surface area contributed by atoms with Crippen LogP contribution in [0.1, 0.15) is 48.2 Å². The monoisotopic (exact) mass is 376 g/mol. The lowest BCUT2D eigenvalue weighted by molar-refractivity contribution is -0.138. The van der Waals surface area contributed by atoms with Gasteiger partial charge in [0.2, 0.25) is 0 Å². The molecule has 0 fully saturated rings. The van der Waals surface area contributed by atoms with Crippen LogP contribution in [-0.2, 0) is 12.4 Å². The molecular weight excluding hydrogens is 358 g/mol. The molecule has 0 amide bonds. The Hall–Kier alpha value is -2.06. The summed E-state index contributed by atoms with van der Waals surface area (Å²) in [5.41, 5.74) is 4.97. The molecule has 1 unspecified atom stereocenters. The average molecular weight is 376 g/mol. The van der Waals surface area contributed by atoms with Crippen molar-refractivity contribution in [3.05, 3.63) is 70.8 Å². The second-order valence-corrected chi connectivity index (χ2v) is 5.98. The summed E-state index contributed by atoms with van der Waals surface area (Å²) in [7, 11) is 0. The zero-order valence-corrected chi connectivity index (χ0v) is 14.0. The molecule has 2 aromatic carbocycles. The molecule has 2 aromatic rings. The normalized spacial score (nSPS) is 14.9. The highest BCUT2D eigenvalue weighted by Gasteiger charge is 2.31. The topological polar surface area (TPSA) is 24.1 Å². The maximum absolute atomic E-state index is 12.8. The van der Waals surface area contributed by atoms with Gasteiger partial charge in [-0.2, -0.15) is 26.3 Å². The maximum Gasteiger partial charge on any atom is 0.416 e. The fraction of sp³-hybridized carbons (Fsp3) is 0.333. The van der Waals surface area contributed by atoms with Crippen LogP contribution in [0.2, 0.25) is 0 Å². The summed E-state index contributed by atoms with van der Waals surface area (Å²) in [4.78, 5) is 0. The minimum atomic E-state index is -4.44. The number of hydrazine groups is 1. The highest BCUT2D eigenvalue weighted by molar-refractivity contribution is 5.29. The molecule has 0 bridgehead atoms. The molecule has 0 heterocycles. The number of nitrogens with one attached hydrogen (secondary N) is 2. The first-order chi connectivity index (χ1) is 12.0. The molecule has 0 saturated carbocycles. The Morgan fingerprint density at radius 1 is 0.654 bits per heavy atom. The Bertz CT molecular complexity index is 675. The van der Waals surface area contributed by atoms with Gasteiger partial charge >= 0.3 is 12.4 Å². The Morgan fingerprint density at radius 3 is 1.31 bits per heavy atom. The summed E-state index contributed by atoms with van der Waals surface area (Å²) in [6, 6.07) is 8.79. The second kappa shape index (κ2) is 7.67. The van der Waals surface area contributed by atoms with E-state index in [1.807, 2.05) is 0 Å². The molecule has 2 nitrogen and oxygen atoms in total. The van der Waals surface area contributed by atoms with E-state index in [2.05, 4.69) is 10.9 Å². The Kier molecular flexibility index (Phi) is 5.98. The molecule has 142 valence electrons. The van der Waals surface area contributed by atoms with E-state index in [1.54, 1.807) is 26.0 Å². The van der Waals surface area contributed by atoms with Gasteiger partial charge in [-0.05, 0) is 49.2 Å².